The Morgan fingerprint density at radius 1 is 0.692 bits per heavy atom. The number of allylic oxidation sites excluding steroid dienone is 6. The summed E-state index contributed by atoms with van der Waals surface area (Å²) in [5.74, 6) is 1.14. The van der Waals surface area contributed by atoms with Crippen LogP contribution < -0.4 is 0 Å². The number of carbonyl (C=O) groups is 2. The summed E-state index contributed by atoms with van der Waals surface area (Å²) in [7, 11) is 0. The summed E-state index contributed by atoms with van der Waals surface area (Å²) in [4.78, 5) is 28.4. The van der Waals surface area contributed by atoms with E-state index < -0.39 is 0 Å². The highest BCUT2D eigenvalue weighted by molar-refractivity contribution is 5.89. The Bertz CT molecular complexity index is 556. The molecule has 0 saturated carbocycles. The lowest BCUT2D eigenvalue weighted by Gasteiger charge is -2.33. The molecule has 0 aromatic rings. The SMILES string of the molecule is O=C(/C=C/C1CC=CCC1)N1CCN(C(=O)/C=C/C2CC=CCC2)CC1. The second kappa shape index (κ2) is 9.56. The Balaban J connectivity index is 1.41. The lowest BCUT2D eigenvalue weighted by atomic mass is 9.94. The number of hydrogen-bond donors (Lipinski definition) is 0. The minimum atomic E-state index is 0.0798. The van der Waals surface area contributed by atoms with E-state index in [0.717, 1.165) is 38.5 Å². The van der Waals surface area contributed by atoms with Crippen molar-refractivity contribution in [2.24, 2.45) is 11.8 Å². The predicted molar refractivity (Wildman–Crippen MR) is 104 cm³/mol. The van der Waals surface area contributed by atoms with Gasteiger partial charge in [-0.25, -0.2) is 0 Å². The molecule has 26 heavy (non-hydrogen) atoms. The Morgan fingerprint density at radius 3 is 1.46 bits per heavy atom. The molecule has 1 fully saturated rings. The molecule has 2 atom stereocenters. The minimum absolute atomic E-state index is 0.0798. The summed E-state index contributed by atoms with van der Waals surface area (Å²) >= 11 is 0. The van der Waals surface area contributed by atoms with Crippen molar-refractivity contribution in [3.8, 4) is 0 Å². The van der Waals surface area contributed by atoms with Crippen molar-refractivity contribution in [2.75, 3.05) is 26.2 Å². The lowest BCUT2D eigenvalue weighted by Crippen LogP contribution is -2.49. The molecular formula is C22H30N2O2. The van der Waals surface area contributed by atoms with Gasteiger partial charge in [0.15, 0.2) is 0 Å². The first-order valence-corrected chi connectivity index (χ1v) is 9.96. The Morgan fingerprint density at radius 2 is 1.12 bits per heavy atom. The van der Waals surface area contributed by atoms with Gasteiger partial charge >= 0.3 is 0 Å². The van der Waals surface area contributed by atoms with Crippen LogP contribution in [0, 0.1) is 11.8 Å². The van der Waals surface area contributed by atoms with Gasteiger partial charge in [0.2, 0.25) is 11.8 Å². The molecule has 2 aliphatic carbocycles. The van der Waals surface area contributed by atoms with Crippen molar-refractivity contribution in [1.82, 2.24) is 9.80 Å². The van der Waals surface area contributed by atoms with Crippen LogP contribution in [0.2, 0.25) is 0 Å². The van der Waals surface area contributed by atoms with Gasteiger partial charge < -0.3 is 9.80 Å². The summed E-state index contributed by atoms with van der Waals surface area (Å²) in [6.45, 7) is 2.50. The van der Waals surface area contributed by atoms with Crippen LogP contribution in [0.3, 0.4) is 0 Å². The number of rotatable bonds is 4. The standard InChI is InChI=1S/C22H30N2O2/c25-21(13-11-19-7-3-1-4-8-19)23-15-17-24(18-16-23)22(26)14-12-20-9-5-2-6-10-20/h1-3,5,11-14,19-20H,4,6-10,15-18H2/b13-11+,14-12+. The van der Waals surface area contributed by atoms with E-state index >= 15 is 0 Å². The summed E-state index contributed by atoms with van der Waals surface area (Å²) in [5.41, 5.74) is 0. The topological polar surface area (TPSA) is 40.6 Å². The molecule has 4 nitrogen and oxygen atoms in total. The predicted octanol–water partition coefficient (Wildman–Crippen LogP) is 3.48. The van der Waals surface area contributed by atoms with Gasteiger partial charge in [0.1, 0.15) is 0 Å². The quantitative estimate of drug-likeness (QED) is 0.573. The molecule has 2 amide bonds. The molecule has 0 spiro atoms. The molecule has 140 valence electrons. The van der Waals surface area contributed by atoms with Crippen molar-refractivity contribution in [1.29, 1.82) is 0 Å². The van der Waals surface area contributed by atoms with Gasteiger partial charge in [-0.05, 0) is 62.5 Å². The Labute approximate surface area is 156 Å². The molecule has 1 saturated heterocycles. The normalized spacial score (nSPS) is 26.8. The van der Waals surface area contributed by atoms with Gasteiger partial charge in [-0.3, -0.25) is 9.59 Å². The number of piperazine rings is 1. The molecule has 0 N–H and O–H groups in total. The van der Waals surface area contributed by atoms with Gasteiger partial charge in [0, 0.05) is 26.2 Å². The fraction of sp³-hybridized carbons (Fsp3) is 0.545. The highest BCUT2D eigenvalue weighted by atomic mass is 16.2. The van der Waals surface area contributed by atoms with Crippen LogP contribution in [-0.4, -0.2) is 47.8 Å². The molecular weight excluding hydrogens is 324 g/mol. The average Bonchev–Trinajstić information content (AvgIpc) is 2.72. The molecule has 4 heteroatoms. The summed E-state index contributed by atoms with van der Waals surface area (Å²) in [5, 5.41) is 0. The number of carbonyl (C=O) groups excluding carboxylic acids is 2. The third-order valence-electron chi connectivity index (χ3n) is 5.54. The van der Waals surface area contributed by atoms with E-state index in [2.05, 4.69) is 36.5 Å². The molecule has 3 aliphatic rings. The van der Waals surface area contributed by atoms with Crippen molar-refractivity contribution in [3.63, 3.8) is 0 Å². The molecule has 1 aliphatic heterocycles. The smallest absolute Gasteiger partial charge is 0.246 e. The zero-order valence-electron chi connectivity index (χ0n) is 15.6. The lowest BCUT2D eigenvalue weighted by molar-refractivity contribution is -0.134. The summed E-state index contributed by atoms with van der Waals surface area (Å²) < 4.78 is 0. The molecule has 0 radical (unpaired) electrons. The fourth-order valence-electron chi connectivity index (χ4n) is 3.78. The second-order valence-corrected chi connectivity index (χ2v) is 7.46. The first-order chi connectivity index (χ1) is 12.7. The fourth-order valence-corrected chi connectivity index (χ4v) is 3.78. The molecule has 1 heterocycles. The van der Waals surface area contributed by atoms with Crippen molar-refractivity contribution >= 4 is 11.8 Å². The van der Waals surface area contributed by atoms with Crippen LogP contribution in [0.4, 0.5) is 0 Å². The molecule has 0 bridgehead atoms. The van der Waals surface area contributed by atoms with Crippen LogP contribution >= 0.6 is 0 Å². The summed E-state index contributed by atoms with van der Waals surface area (Å²) in [6, 6.07) is 0. The third kappa shape index (κ3) is 5.45. The van der Waals surface area contributed by atoms with Gasteiger partial charge in [0.05, 0.1) is 0 Å². The van der Waals surface area contributed by atoms with Crippen LogP contribution in [0.15, 0.2) is 48.6 Å². The number of hydrogen-bond acceptors (Lipinski definition) is 2. The second-order valence-electron chi connectivity index (χ2n) is 7.46. The third-order valence-corrected chi connectivity index (χ3v) is 5.54. The van der Waals surface area contributed by atoms with E-state index in [1.165, 1.54) is 0 Å². The highest BCUT2D eigenvalue weighted by Gasteiger charge is 2.22. The monoisotopic (exact) mass is 354 g/mol. The maximum absolute atomic E-state index is 12.3. The Kier molecular flexibility index (Phi) is 6.87. The van der Waals surface area contributed by atoms with Gasteiger partial charge in [-0.1, -0.05) is 36.5 Å². The molecule has 2 unspecified atom stereocenters. The van der Waals surface area contributed by atoms with Crippen molar-refractivity contribution < 1.29 is 9.59 Å². The van der Waals surface area contributed by atoms with E-state index in [0.29, 0.717) is 38.0 Å². The number of nitrogens with zero attached hydrogens (tertiary/aromatic N) is 2. The molecule has 0 aromatic carbocycles. The van der Waals surface area contributed by atoms with E-state index in [1.54, 1.807) is 12.2 Å². The highest BCUT2D eigenvalue weighted by Crippen LogP contribution is 2.20. The van der Waals surface area contributed by atoms with Crippen molar-refractivity contribution in [2.45, 2.75) is 38.5 Å². The molecule has 3 rings (SSSR count). The molecule has 0 aromatic heterocycles. The average molecular weight is 354 g/mol. The van der Waals surface area contributed by atoms with Crippen LogP contribution in [0.25, 0.3) is 0 Å². The first kappa shape index (κ1) is 18.7. The van der Waals surface area contributed by atoms with Gasteiger partial charge in [-0.2, -0.15) is 0 Å². The van der Waals surface area contributed by atoms with E-state index in [4.69, 9.17) is 0 Å². The summed E-state index contributed by atoms with van der Waals surface area (Å²) in [6.07, 6.45) is 23.0. The van der Waals surface area contributed by atoms with E-state index in [9.17, 15) is 9.59 Å². The zero-order valence-corrected chi connectivity index (χ0v) is 15.6. The maximum Gasteiger partial charge on any atom is 0.246 e. The Hall–Kier alpha value is -2.10. The van der Waals surface area contributed by atoms with Crippen LogP contribution in [0.1, 0.15) is 38.5 Å². The van der Waals surface area contributed by atoms with Crippen molar-refractivity contribution in [3.05, 3.63) is 48.6 Å². The largest absolute Gasteiger partial charge is 0.336 e. The van der Waals surface area contributed by atoms with Crippen LogP contribution in [0.5, 0.6) is 0 Å². The van der Waals surface area contributed by atoms with E-state index in [1.807, 2.05) is 9.80 Å². The van der Waals surface area contributed by atoms with E-state index in [-0.39, 0.29) is 11.8 Å². The first-order valence-electron chi connectivity index (χ1n) is 9.96. The number of amides is 2. The zero-order chi connectivity index (χ0) is 18.2. The van der Waals surface area contributed by atoms with Gasteiger partial charge in [0.25, 0.3) is 0 Å². The van der Waals surface area contributed by atoms with Gasteiger partial charge in [-0.15, -0.1) is 0 Å². The maximum atomic E-state index is 12.3. The van der Waals surface area contributed by atoms with Crippen LogP contribution in [-0.2, 0) is 9.59 Å². The minimum Gasteiger partial charge on any atom is -0.336 e.